The maximum absolute atomic E-state index is 2.48. The van der Waals surface area contributed by atoms with Crippen molar-refractivity contribution in [1.82, 2.24) is 13.7 Å². The van der Waals surface area contributed by atoms with Gasteiger partial charge >= 0.3 is 0 Å². The van der Waals surface area contributed by atoms with Crippen LogP contribution in [0.3, 0.4) is 0 Å². The second-order valence-corrected chi connectivity index (χ2v) is 19.5. The molecule has 0 radical (unpaired) electrons. The smallest absolute Gasteiger partial charge is 0.0734 e. The summed E-state index contributed by atoms with van der Waals surface area (Å²) < 4.78 is 12.7. The van der Waals surface area contributed by atoms with Gasteiger partial charge in [-0.1, -0.05) is 133 Å². The molecular formula is C61H39N3S2. The third-order valence-corrected chi connectivity index (χ3v) is 16.0. The first-order valence-electron chi connectivity index (χ1n) is 22.5. The predicted octanol–water partition coefficient (Wildman–Crippen LogP) is 17.6. The predicted molar refractivity (Wildman–Crippen MR) is 287 cm³/mol. The molecule has 0 spiro atoms. The van der Waals surface area contributed by atoms with E-state index in [9.17, 15) is 0 Å². The number of thiophene rings is 2. The molecule has 15 rings (SSSR count). The maximum atomic E-state index is 2.48. The van der Waals surface area contributed by atoms with Gasteiger partial charge in [0.2, 0.25) is 0 Å². The van der Waals surface area contributed by atoms with Crippen molar-refractivity contribution in [1.29, 1.82) is 0 Å². The van der Waals surface area contributed by atoms with Crippen LogP contribution in [0.4, 0.5) is 0 Å². The summed E-state index contributed by atoms with van der Waals surface area (Å²) >= 11 is 3.73. The van der Waals surface area contributed by atoms with Gasteiger partial charge in [-0.25, -0.2) is 0 Å². The molecule has 3 nitrogen and oxygen atoms in total. The Bertz CT molecular complexity index is 4330. The van der Waals surface area contributed by atoms with Gasteiger partial charge < -0.3 is 13.7 Å². The van der Waals surface area contributed by atoms with Crippen LogP contribution < -0.4 is 0 Å². The Morgan fingerprint density at radius 3 is 1.30 bits per heavy atom. The number of aryl methyl sites for hydroxylation is 1. The molecule has 0 fully saturated rings. The number of hydrogen-bond donors (Lipinski definition) is 0. The molecule has 0 aliphatic rings. The van der Waals surface area contributed by atoms with Crippen LogP contribution in [0.15, 0.2) is 218 Å². The van der Waals surface area contributed by atoms with E-state index in [2.05, 4.69) is 239 Å². The first-order chi connectivity index (χ1) is 32.7. The van der Waals surface area contributed by atoms with E-state index in [4.69, 9.17) is 0 Å². The zero-order valence-corrected chi connectivity index (χ0v) is 37.6. The van der Waals surface area contributed by atoms with Gasteiger partial charge in [0.15, 0.2) is 0 Å². The van der Waals surface area contributed by atoms with E-state index >= 15 is 0 Å². The molecule has 310 valence electrons. The number of benzene rings is 10. The van der Waals surface area contributed by atoms with Crippen LogP contribution in [-0.4, -0.2) is 13.7 Å². The first-order valence-corrected chi connectivity index (χ1v) is 24.1. The van der Waals surface area contributed by atoms with Gasteiger partial charge in [0.05, 0.1) is 33.3 Å². The number of rotatable bonds is 3. The number of aromatic nitrogens is 3. The van der Waals surface area contributed by atoms with Crippen LogP contribution in [0.25, 0.3) is 128 Å². The van der Waals surface area contributed by atoms with Gasteiger partial charge in [-0.2, -0.15) is 0 Å². The molecule has 0 amide bonds. The lowest BCUT2D eigenvalue weighted by molar-refractivity contribution is 1.00. The lowest BCUT2D eigenvalue weighted by Crippen LogP contribution is -1.99. The van der Waals surface area contributed by atoms with Crippen molar-refractivity contribution < 1.29 is 0 Å². The van der Waals surface area contributed by atoms with E-state index in [1.165, 1.54) is 128 Å². The normalized spacial score (nSPS) is 12.0. The average Bonchev–Trinajstić information content (AvgIpc) is 4.18. The number of fused-ring (bicyclic) bond motifs is 15. The molecular weight excluding hydrogens is 839 g/mol. The Morgan fingerprint density at radius 1 is 0.288 bits per heavy atom. The van der Waals surface area contributed by atoms with Gasteiger partial charge in [0.25, 0.3) is 0 Å². The second kappa shape index (κ2) is 14.5. The van der Waals surface area contributed by atoms with Gasteiger partial charge in [-0.15, -0.1) is 22.7 Å². The highest BCUT2D eigenvalue weighted by Gasteiger charge is 2.21. The topological polar surface area (TPSA) is 14.8 Å². The molecule has 5 aromatic heterocycles. The summed E-state index contributed by atoms with van der Waals surface area (Å²) in [4.78, 5) is 0. The van der Waals surface area contributed by atoms with Crippen molar-refractivity contribution in [3.8, 4) is 22.5 Å². The molecule has 0 N–H and O–H groups in total. The first kappa shape index (κ1) is 37.4. The standard InChI is InChI=1S/C49H31N3S.C12H8S/c1-50-41-17-7-2-15-36(41)40-27-31(28-46(49(40)50)52-43-19-9-3-12-33(43)34-13-4-10-20-44(34)52)30-22-24-45-38(26-30)35-14-5-8-18-42(35)51(45)32-23-25-48-39(29-32)37-16-6-11-21-47(37)53-48;1-3-7-11-9(5-1)10-6-2-4-8-12(10)13-11/h2-29H,1H3;1-8H. The Kier molecular flexibility index (Phi) is 8.24. The van der Waals surface area contributed by atoms with E-state index in [1.54, 1.807) is 0 Å². The minimum Gasteiger partial charge on any atom is -0.342 e. The number of hydrogen-bond acceptors (Lipinski definition) is 2. The van der Waals surface area contributed by atoms with Crippen LogP contribution in [0, 0.1) is 0 Å². The zero-order chi connectivity index (χ0) is 43.5. The summed E-state index contributed by atoms with van der Waals surface area (Å²) in [6.07, 6.45) is 0. The van der Waals surface area contributed by atoms with Crippen molar-refractivity contribution in [2.45, 2.75) is 0 Å². The van der Waals surface area contributed by atoms with Crippen LogP contribution in [0.1, 0.15) is 0 Å². The zero-order valence-electron chi connectivity index (χ0n) is 35.9. The molecule has 5 heteroatoms. The fourth-order valence-electron chi connectivity index (χ4n) is 10.8. The maximum Gasteiger partial charge on any atom is 0.0734 e. The molecule has 0 atom stereocenters. The number of nitrogens with zero attached hydrogens (tertiary/aromatic N) is 3. The van der Waals surface area contributed by atoms with Crippen LogP contribution in [0.2, 0.25) is 0 Å². The lowest BCUT2D eigenvalue weighted by atomic mass is 9.99. The van der Waals surface area contributed by atoms with E-state index in [0.717, 1.165) is 0 Å². The summed E-state index contributed by atoms with van der Waals surface area (Å²) in [5.41, 5.74) is 12.1. The fraction of sp³-hybridized carbons (Fsp3) is 0.0164. The van der Waals surface area contributed by atoms with E-state index < -0.39 is 0 Å². The van der Waals surface area contributed by atoms with E-state index in [-0.39, 0.29) is 0 Å². The average molecular weight is 878 g/mol. The number of para-hydroxylation sites is 4. The van der Waals surface area contributed by atoms with Gasteiger partial charge in [-0.05, 0) is 96.1 Å². The lowest BCUT2D eigenvalue weighted by Gasteiger charge is -2.14. The fourth-order valence-corrected chi connectivity index (χ4v) is 13.0. The van der Waals surface area contributed by atoms with Gasteiger partial charge in [0.1, 0.15) is 0 Å². The minimum absolute atomic E-state index is 1.19. The highest BCUT2D eigenvalue weighted by molar-refractivity contribution is 7.26. The van der Waals surface area contributed by atoms with Crippen molar-refractivity contribution in [3.63, 3.8) is 0 Å². The molecule has 0 bridgehead atoms. The Balaban J connectivity index is 0.000000274. The molecule has 15 aromatic rings. The van der Waals surface area contributed by atoms with Crippen molar-refractivity contribution in [2.24, 2.45) is 7.05 Å². The molecule has 0 aliphatic heterocycles. The highest BCUT2D eigenvalue weighted by Crippen LogP contribution is 2.43. The summed E-state index contributed by atoms with van der Waals surface area (Å²) in [7, 11) is 2.21. The molecule has 0 saturated carbocycles. The molecule has 0 saturated heterocycles. The highest BCUT2D eigenvalue weighted by atomic mass is 32.1. The van der Waals surface area contributed by atoms with E-state index in [1.807, 2.05) is 22.7 Å². The van der Waals surface area contributed by atoms with Gasteiger partial charge in [-0.3, -0.25) is 0 Å². The van der Waals surface area contributed by atoms with Crippen molar-refractivity contribution >= 4 is 128 Å². The third kappa shape index (κ3) is 5.54. The summed E-state index contributed by atoms with van der Waals surface area (Å²) in [6, 6.07) is 80.0. The molecule has 5 heterocycles. The molecule has 66 heavy (non-hydrogen) atoms. The SMILES string of the molecule is Cn1c2ccccc2c2cc(-c3ccc4c(c3)c3ccccc3n4-c3ccc4sc5ccccc5c4c3)cc(-n3c4ccccc4c4ccccc43)c21.c1ccc2c(c1)sc1ccccc12. The minimum atomic E-state index is 1.19. The Morgan fingerprint density at radius 2 is 0.712 bits per heavy atom. The third-order valence-electron chi connectivity index (χ3n) is 13.7. The second-order valence-electron chi connectivity index (χ2n) is 17.3. The monoisotopic (exact) mass is 877 g/mol. The van der Waals surface area contributed by atoms with Crippen LogP contribution >= 0.6 is 22.7 Å². The van der Waals surface area contributed by atoms with Crippen LogP contribution in [-0.2, 0) is 7.05 Å². The molecule has 10 aromatic carbocycles. The summed E-state index contributed by atoms with van der Waals surface area (Å²) in [5.74, 6) is 0. The quantitative estimate of drug-likeness (QED) is 0.168. The van der Waals surface area contributed by atoms with Crippen molar-refractivity contribution in [3.05, 3.63) is 218 Å². The molecule has 0 unspecified atom stereocenters. The molecule has 0 aliphatic carbocycles. The van der Waals surface area contributed by atoms with E-state index in [0.29, 0.717) is 0 Å². The Hall–Kier alpha value is -7.96. The Labute approximate surface area is 387 Å². The van der Waals surface area contributed by atoms with Crippen LogP contribution in [0.5, 0.6) is 0 Å². The van der Waals surface area contributed by atoms with Crippen molar-refractivity contribution in [2.75, 3.05) is 0 Å². The summed E-state index contributed by atoms with van der Waals surface area (Å²) in [6.45, 7) is 0. The largest absolute Gasteiger partial charge is 0.342 e. The summed E-state index contributed by atoms with van der Waals surface area (Å²) in [5, 5.41) is 13.0. The van der Waals surface area contributed by atoms with Gasteiger partial charge in [0, 0.05) is 90.9 Å².